The van der Waals surface area contributed by atoms with Gasteiger partial charge in [-0.05, 0) is 53.1 Å². The topological polar surface area (TPSA) is 75.4 Å². The number of hydrogen-bond donors (Lipinski definition) is 1. The van der Waals surface area contributed by atoms with Gasteiger partial charge in [-0.3, -0.25) is 14.6 Å². The second-order valence-electron chi connectivity index (χ2n) is 7.33. The van der Waals surface area contributed by atoms with Crippen molar-refractivity contribution in [2.24, 2.45) is 0 Å². The molecule has 0 radical (unpaired) electrons. The van der Waals surface area contributed by atoms with Gasteiger partial charge in [0.05, 0.1) is 19.2 Å². The molecule has 0 spiro atoms. The Kier molecular flexibility index (Phi) is 6.72. The lowest BCUT2D eigenvalue weighted by Crippen LogP contribution is -2.30. The van der Waals surface area contributed by atoms with Crippen LogP contribution in [-0.2, 0) is 24.3 Å². The summed E-state index contributed by atoms with van der Waals surface area (Å²) in [7, 11) is 0. The summed E-state index contributed by atoms with van der Waals surface area (Å²) in [5.74, 6) is -0.00967. The predicted molar refractivity (Wildman–Crippen MR) is 122 cm³/mol. The molecule has 0 aliphatic heterocycles. The highest BCUT2D eigenvalue weighted by molar-refractivity contribution is 6.04. The van der Waals surface area contributed by atoms with E-state index in [0.717, 1.165) is 22.4 Å². The number of anilines is 1. The molecule has 0 unspecified atom stereocenters. The van der Waals surface area contributed by atoms with Crippen LogP contribution in [0, 0.1) is 0 Å². The SMILES string of the molecule is O=C(Cc1ccc(N(Cc2ccccc2)C(=O)c2ccco2)cc1)NCc1ccncc1. The molecule has 0 aliphatic carbocycles. The van der Waals surface area contributed by atoms with Crippen molar-refractivity contribution in [3.05, 3.63) is 120 Å². The third kappa shape index (κ3) is 5.49. The van der Waals surface area contributed by atoms with Crippen LogP contribution in [0.1, 0.15) is 27.2 Å². The summed E-state index contributed by atoms with van der Waals surface area (Å²) in [5.41, 5.74) is 3.60. The molecular formula is C26H23N3O3. The van der Waals surface area contributed by atoms with Crippen molar-refractivity contribution in [3.8, 4) is 0 Å². The first-order valence-electron chi connectivity index (χ1n) is 10.3. The van der Waals surface area contributed by atoms with Crippen LogP contribution in [0.4, 0.5) is 5.69 Å². The smallest absolute Gasteiger partial charge is 0.294 e. The Morgan fingerprint density at radius 3 is 2.25 bits per heavy atom. The second kappa shape index (κ2) is 10.2. The molecule has 6 heteroatoms. The summed E-state index contributed by atoms with van der Waals surface area (Å²) in [5, 5.41) is 2.91. The first kappa shape index (κ1) is 21.1. The Labute approximate surface area is 186 Å². The second-order valence-corrected chi connectivity index (χ2v) is 7.33. The fourth-order valence-corrected chi connectivity index (χ4v) is 3.32. The van der Waals surface area contributed by atoms with E-state index in [2.05, 4.69) is 10.3 Å². The van der Waals surface area contributed by atoms with Gasteiger partial charge in [-0.15, -0.1) is 0 Å². The zero-order valence-corrected chi connectivity index (χ0v) is 17.5. The van der Waals surface area contributed by atoms with E-state index >= 15 is 0 Å². The lowest BCUT2D eigenvalue weighted by Gasteiger charge is -2.22. The Morgan fingerprint density at radius 1 is 0.812 bits per heavy atom. The molecule has 2 amide bonds. The van der Waals surface area contributed by atoms with E-state index in [-0.39, 0.29) is 24.0 Å². The molecule has 0 saturated heterocycles. The van der Waals surface area contributed by atoms with Crippen LogP contribution in [0.25, 0.3) is 0 Å². The molecule has 160 valence electrons. The average molecular weight is 425 g/mol. The minimum absolute atomic E-state index is 0.0673. The van der Waals surface area contributed by atoms with E-state index < -0.39 is 0 Å². The standard InChI is InChI=1S/C26H23N3O3/c30-25(28-18-21-12-14-27-15-13-21)17-20-8-10-23(11-9-20)29(19-22-5-2-1-3-6-22)26(31)24-7-4-16-32-24/h1-16H,17-19H2,(H,28,30). The number of pyridine rings is 1. The molecule has 2 aromatic heterocycles. The van der Waals surface area contributed by atoms with E-state index in [9.17, 15) is 9.59 Å². The maximum atomic E-state index is 13.1. The Hall–Kier alpha value is -4.19. The average Bonchev–Trinajstić information content (AvgIpc) is 3.38. The van der Waals surface area contributed by atoms with Crippen molar-refractivity contribution >= 4 is 17.5 Å². The number of furan rings is 1. The maximum absolute atomic E-state index is 13.1. The molecule has 0 bridgehead atoms. The van der Waals surface area contributed by atoms with Gasteiger partial charge in [0.25, 0.3) is 5.91 Å². The van der Waals surface area contributed by atoms with Gasteiger partial charge in [0.2, 0.25) is 5.91 Å². The van der Waals surface area contributed by atoms with Crippen LogP contribution in [0.15, 0.2) is 102 Å². The quantitative estimate of drug-likeness (QED) is 0.455. The van der Waals surface area contributed by atoms with Gasteiger partial charge in [0.15, 0.2) is 5.76 Å². The number of aromatic nitrogens is 1. The van der Waals surface area contributed by atoms with Crippen molar-refractivity contribution in [2.45, 2.75) is 19.5 Å². The van der Waals surface area contributed by atoms with Gasteiger partial charge in [-0.25, -0.2) is 0 Å². The summed E-state index contributed by atoms with van der Waals surface area (Å²) in [4.78, 5) is 31.0. The van der Waals surface area contributed by atoms with Crippen molar-refractivity contribution < 1.29 is 14.0 Å². The first-order chi connectivity index (χ1) is 15.7. The van der Waals surface area contributed by atoms with Gasteiger partial charge in [-0.2, -0.15) is 0 Å². The zero-order chi connectivity index (χ0) is 22.2. The van der Waals surface area contributed by atoms with Crippen LogP contribution in [0.2, 0.25) is 0 Å². The molecule has 32 heavy (non-hydrogen) atoms. The summed E-state index contributed by atoms with van der Waals surface area (Å²) >= 11 is 0. The fraction of sp³-hybridized carbons (Fsp3) is 0.115. The lowest BCUT2D eigenvalue weighted by atomic mass is 10.1. The highest BCUT2D eigenvalue weighted by Crippen LogP contribution is 2.21. The Bertz CT molecular complexity index is 1140. The molecule has 2 heterocycles. The number of hydrogen-bond acceptors (Lipinski definition) is 4. The predicted octanol–water partition coefficient (Wildman–Crippen LogP) is 4.38. The third-order valence-corrected chi connectivity index (χ3v) is 5.01. The van der Waals surface area contributed by atoms with Crippen molar-refractivity contribution in [3.63, 3.8) is 0 Å². The van der Waals surface area contributed by atoms with Gasteiger partial charge in [0, 0.05) is 24.6 Å². The molecule has 0 saturated carbocycles. The van der Waals surface area contributed by atoms with Crippen LogP contribution in [0.3, 0.4) is 0 Å². The number of nitrogens with one attached hydrogen (secondary N) is 1. The van der Waals surface area contributed by atoms with Crippen LogP contribution in [0.5, 0.6) is 0 Å². The summed E-state index contributed by atoms with van der Waals surface area (Å²) in [6.07, 6.45) is 5.15. The first-order valence-corrected chi connectivity index (χ1v) is 10.3. The summed E-state index contributed by atoms with van der Waals surface area (Å²) in [6, 6.07) is 24.3. The molecule has 2 aromatic carbocycles. The van der Waals surface area contributed by atoms with Crippen molar-refractivity contribution in [1.82, 2.24) is 10.3 Å². The zero-order valence-electron chi connectivity index (χ0n) is 17.5. The van der Waals surface area contributed by atoms with Crippen LogP contribution in [-0.4, -0.2) is 16.8 Å². The summed E-state index contributed by atoms with van der Waals surface area (Å²) in [6.45, 7) is 0.869. The number of carbonyl (C=O) groups is 2. The van der Waals surface area contributed by atoms with E-state index in [4.69, 9.17) is 4.42 Å². The molecular weight excluding hydrogens is 402 g/mol. The van der Waals surface area contributed by atoms with Crippen molar-refractivity contribution in [2.75, 3.05) is 4.90 Å². The van der Waals surface area contributed by atoms with Crippen LogP contribution < -0.4 is 10.2 Å². The normalized spacial score (nSPS) is 10.5. The van der Waals surface area contributed by atoms with E-state index in [0.29, 0.717) is 13.1 Å². The van der Waals surface area contributed by atoms with Gasteiger partial charge >= 0.3 is 0 Å². The van der Waals surface area contributed by atoms with Gasteiger partial charge < -0.3 is 14.6 Å². The number of carbonyl (C=O) groups excluding carboxylic acids is 2. The van der Waals surface area contributed by atoms with E-state index in [1.54, 1.807) is 29.4 Å². The minimum atomic E-state index is -0.221. The number of nitrogens with zero attached hydrogens (tertiary/aromatic N) is 2. The largest absolute Gasteiger partial charge is 0.459 e. The van der Waals surface area contributed by atoms with Gasteiger partial charge in [-0.1, -0.05) is 42.5 Å². The minimum Gasteiger partial charge on any atom is -0.459 e. The molecule has 0 aliphatic rings. The molecule has 4 rings (SSSR count). The molecule has 0 atom stereocenters. The number of benzene rings is 2. The highest BCUT2D eigenvalue weighted by atomic mass is 16.3. The Balaban J connectivity index is 1.45. The molecule has 0 fully saturated rings. The lowest BCUT2D eigenvalue weighted by molar-refractivity contribution is -0.120. The molecule has 4 aromatic rings. The maximum Gasteiger partial charge on any atom is 0.294 e. The molecule has 6 nitrogen and oxygen atoms in total. The van der Waals surface area contributed by atoms with E-state index in [1.807, 2.05) is 66.7 Å². The van der Waals surface area contributed by atoms with Crippen molar-refractivity contribution in [1.29, 1.82) is 0 Å². The number of rotatable bonds is 8. The fourth-order valence-electron chi connectivity index (χ4n) is 3.32. The van der Waals surface area contributed by atoms with Crippen LogP contribution >= 0.6 is 0 Å². The van der Waals surface area contributed by atoms with E-state index in [1.165, 1.54) is 6.26 Å². The summed E-state index contributed by atoms with van der Waals surface area (Å²) < 4.78 is 5.33. The molecule has 1 N–H and O–H groups in total. The third-order valence-electron chi connectivity index (χ3n) is 5.01. The highest BCUT2D eigenvalue weighted by Gasteiger charge is 2.20. The Morgan fingerprint density at radius 2 is 1.56 bits per heavy atom. The monoisotopic (exact) mass is 425 g/mol. The van der Waals surface area contributed by atoms with Gasteiger partial charge in [0.1, 0.15) is 0 Å². The number of amides is 2.